The summed E-state index contributed by atoms with van der Waals surface area (Å²) in [7, 11) is -6.94. The first-order chi connectivity index (χ1) is 12.1. The number of sulfone groups is 2. The Labute approximate surface area is 159 Å². The molecule has 0 amide bonds. The van der Waals surface area contributed by atoms with E-state index in [9.17, 15) is 16.8 Å². The van der Waals surface area contributed by atoms with Gasteiger partial charge in [0, 0.05) is 22.5 Å². The Morgan fingerprint density at radius 2 is 1.42 bits per heavy atom. The lowest BCUT2D eigenvalue weighted by Crippen LogP contribution is -2.02. The third-order valence-electron chi connectivity index (χ3n) is 3.53. The molecule has 0 aliphatic rings. The van der Waals surface area contributed by atoms with Crippen LogP contribution in [0.1, 0.15) is 0 Å². The number of nitrogens with zero attached hydrogens (tertiary/aromatic N) is 3. The summed E-state index contributed by atoms with van der Waals surface area (Å²) in [5, 5.41) is 3.81. The van der Waals surface area contributed by atoms with Gasteiger partial charge in [0.2, 0.25) is 9.84 Å². The minimum atomic E-state index is -3.61. The number of halogens is 1. The SMILES string of the molecule is CS(=O)(=O)c1ccc(-c2nc(S(C)(=O)=O)nn2-c2ccc(Br)cc2)cc1. The lowest BCUT2D eigenvalue weighted by atomic mass is 10.2. The van der Waals surface area contributed by atoms with Crippen LogP contribution in [0.3, 0.4) is 0 Å². The van der Waals surface area contributed by atoms with Crippen molar-refractivity contribution in [2.45, 2.75) is 10.1 Å². The van der Waals surface area contributed by atoms with E-state index in [1.54, 1.807) is 36.4 Å². The van der Waals surface area contributed by atoms with Gasteiger partial charge in [-0.2, -0.15) is 4.98 Å². The molecule has 10 heteroatoms. The third-order valence-corrected chi connectivity index (χ3v) is 6.02. The van der Waals surface area contributed by atoms with E-state index < -0.39 is 19.7 Å². The van der Waals surface area contributed by atoms with Crippen LogP contribution in [-0.4, -0.2) is 44.1 Å². The van der Waals surface area contributed by atoms with Crippen molar-refractivity contribution in [3.05, 3.63) is 53.0 Å². The largest absolute Gasteiger partial charge is 0.267 e. The molecule has 0 fully saturated rings. The molecule has 26 heavy (non-hydrogen) atoms. The van der Waals surface area contributed by atoms with Gasteiger partial charge in [0.05, 0.1) is 10.6 Å². The molecule has 3 aromatic rings. The molecule has 0 bridgehead atoms. The average Bonchev–Trinajstić information content (AvgIpc) is 3.00. The average molecular weight is 456 g/mol. The van der Waals surface area contributed by atoms with Gasteiger partial charge < -0.3 is 0 Å². The maximum Gasteiger partial charge on any atom is 0.267 e. The number of hydrogen-bond acceptors (Lipinski definition) is 6. The Hall–Kier alpha value is -2.04. The smallest absolute Gasteiger partial charge is 0.224 e. The summed E-state index contributed by atoms with van der Waals surface area (Å²) in [5.41, 5.74) is 1.17. The van der Waals surface area contributed by atoms with Crippen LogP contribution in [-0.2, 0) is 19.7 Å². The molecule has 0 unspecified atom stereocenters. The van der Waals surface area contributed by atoms with E-state index in [1.165, 1.54) is 16.8 Å². The molecule has 0 spiro atoms. The Bertz CT molecular complexity index is 1170. The highest BCUT2D eigenvalue weighted by atomic mass is 79.9. The lowest BCUT2D eigenvalue weighted by molar-refractivity contribution is 0.592. The summed E-state index contributed by atoms with van der Waals surface area (Å²) in [5.74, 6) is 0.299. The second-order valence-corrected chi connectivity index (χ2v) is 10.5. The van der Waals surface area contributed by atoms with Gasteiger partial charge in [-0.05, 0) is 48.5 Å². The minimum absolute atomic E-state index is 0.166. The van der Waals surface area contributed by atoms with Crippen LogP contribution in [0.4, 0.5) is 0 Å². The van der Waals surface area contributed by atoms with Crippen molar-refractivity contribution in [1.82, 2.24) is 14.8 Å². The van der Waals surface area contributed by atoms with Crippen molar-refractivity contribution in [1.29, 1.82) is 0 Å². The van der Waals surface area contributed by atoms with Gasteiger partial charge >= 0.3 is 0 Å². The molecular weight excluding hydrogens is 442 g/mol. The van der Waals surface area contributed by atoms with Crippen LogP contribution in [0.15, 0.2) is 63.1 Å². The molecule has 136 valence electrons. The lowest BCUT2D eigenvalue weighted by Gasteiger charge is -2.06. The summed E-state index contributed by atoms with van der Waals surface area (Å²) in [4.78, 5) is 4.31. The van der Waals surface area contributed by atoms with Crippen molar-refractivity contribution >= 4 is 35.6 Å². The predicted octanol–water partition coefficient (Wildman–Crippen LogP) is 2.50. The van der Waals surface area contributed by atoms with E-state index in [0.717, 1.165) is 17.0 Å². The number of rotatable bonds is 4. The van der Waals surface area contributed by atoms with Crippen LogP contribution >= 0.6 is 15.9 Å². The first-order valence-corrected chi connectivity index (χ1v) is 11.9. The van der Waals surface area contributed by atoms with E-state index in [1.807, 2.05) is 0 Å². The van der Waals surface area contributed by atoms with E-state index >= 15 is 0 Å². The van der Waals surface area contributed by atoms with Gasteiger partial charge in [-0.25, -0.2) is 21.5 Å². The van der Waals surface area contributed by atoms with Crippen LogP contribution in [0.5, 0.6) is 0 Å². The van der Waals surface area contributed by atoms with Gasteiger partial charge in [-0.15, -0.1) is 5.10 Å². The summed E-state index contributed by atoms with van der Waals surface area (Å²) in [6.45, 7) is 0. The zero-order valence-electron chi connectivity index (χ0n) is 13.8. The van der Waals surface area contributed by atoms with Crippen LogP contribution in [0, 0.1) is 0 Å². The van der Waals surface area contributed by atoms with Crippen LogP contribution in [0.25, 0.3) is 17.1 Å². The highest BCUT2D eigenvalue weighted by Gasteiger charge is 2.20. The fraction of sp³-hybridized carbons (Fsp3) is 0.125. The second kappa shape index (κ2) is 6.60. The maximum atomic E-state index is 11.9. The van der Waals surface area contributed by atoms with Crippen LogP contribution in [0.2, 0.25) is 0 Å². The molecular formula is C16H14BrN3O4S2. The van der Waals surface area contributed by atoms with Gasteiger partial charge in [-0.3, -0.25) is 0 Å². The number of aromatic nitrogens is 3. The minimum Gasteiger partial charge on any atom is -0.224 e. The van der Waals surface area contributed by atoms with E-state index in [4.69, 9.17) is 0 Å². The van der Waals surface area contributed by atoms with E-state index in [0.29, 0.717) is 17.1 Å². The van der Waals surface area contributed by atoms with Crippen LogP contribution < -0.4 is 0 Å². The summed E-state index contributed by atoms with van der Waals surface area (Å²) in [6.07, 6.45) is 2.15. The first kappa shape index (κ1) is 18.7. The number of benzene rings is 2. The van der Waals surface area contributed by atoms with Crippen molar-refractivity contribution in [3.63, 3.8) is 0 Å². The van der Waals surface area contributed by atoms with Gasteiger partial charge in [0.1, 0.15) is 0 Å². The molecule has 3 rings (SSSR count). The standard InChI is InChI=1S/C16H14BrN3O4S2/c1-25(21,22)14-9-3-11(4-10-14)15-18-16(26(2,23)24)19-20(15)13-7-5-12(17)6-8-13/h3-10H,1-2H3. The monoisotopic (exact) mass is 455 g/mol. The maximum absolute atomic E-state index is 11.9. The normalized spacial score (nSPS) is 12.3. The van der Waals surface area contributed by atoms with Crippen molar-refractivity contribution in [2.75, 3.05) is 12.5 Å². The fourth-order valence-corrected chi connectivity index (χ4v) is 3.63. The molecule has 7 nitrogen and oxygen atoms in total. The zero-order valence-corrected chi connectivity index (χ0v) is 17.0. The second-order valence-electron chi connectivity index (χ2n) is 5.67. The Morgan fingerprint density at radius 3 is 1.92 bits per heavy atom. The molecule has 0 atom stereocenters. The van der Waals surface area contributed by atoms with E-state index in [2.05, 4.69) is 26.0 Å². The van der Waals surface area contributed by atoms with Gasteiger partial charge in [-0.1, -0.05) is 15.9 Å². The highest BCUT2D eigenvalue weighted by Crippen LogP contribution is 2.25. The molecule has 0 saturated heterocycles. The molecule has 0 N–H and O–H groups in total. The summed E-state index contributed by atoms with van der Waals surface area (Å²) in [6, 6.07) is 13.2. The Morgan fingerprint density at radius 1 is 0.846 bits per heavy atom. The molecule has 1 heterocycles. The predicted molar refractivity (Wildman–Crippen MR) is 101 cm³/mol. The van der Waals surface area contributed by atoms with Crippen molar-refractivity contribution < 1.29 is 16.8 Å². The molecule has 0 saturated carbocycles. The topological polar surface area (TPSA) is 99.0 Å². The zero-order chi connectivity index (χ0) is 19.1. The first-order valence-electron chi connectivity index (χ1n) is 7.29. The van der Waals surface area contributed by atoms with E-state index in [-0.39, 0.29) is 10.1 Å². The molecule has 2 aromatic carbocycles. The quantitative estimate of drug-likeness (QED) is 0.598. The Balaban J connectivity index is 2.19. The summed E-state index contributed by atoms with van der Waals surface area (Å²) < 4.78 is 49.3. The highest BCUT2D eigenvalue weighted by molar-refractivity contribution is 9.10. The fourth-order valence-electron chi connectivity index (χ4n) is 2.25. The third kappa shape index (κ3) is 3.87. The molecule has 1 aromatic heterocycles. The number of hydrogen-bond donors (Lipinski definition) is 0. The summed E-state index contributed by atoms with van der Waals surface area (Å²) >= 11 is 3.35. The van der Waals surface area contributed by atoms with Crippen molar-refractivity contribution in [2.24, 2.45) is 0 Å². The molecule has 0 aliphatic heterocycles. The Kier molecular flexibility index (Phi) is 4.76. The van der Waals surface area contributed by atoms with Gasteiger partial charge in [0.15, 0.2) is 15.7 Å². The molecule has 0 radical (unpaired) electrons. The van der Waals surface area contributed by atoms with Crippen molar-refractivity contribution in [3.8, 4) is 17.1 Å². The molecule has 0 aliphatic carbocycles. The van der Waals surface area contributed by atoms with Gasteiger partial charge in [0.25, 0.3) is 5.16 Å².